The molecule has 1 aliphatic rings. The Balaban J connectivity index is 1.89. The first-order valence-electron chi connectivity index (χ1n) is 6.06. The van der Waals surface area contributed by atoms with Gasteiger partial charge in [-0.15, -0.1) is 0 Å². The Morgan fingerprint density at radius 1 is 1.35 bits per heavy atom. The minimum absolute atomic E-state index is 0.232. The Bertz CT molecular complexity index is 362. The van der Waals surface area contributed by atoms with Crippen LogP contribution >= 0.6 is 0 Å². The van der Waals surface area contributed by atoms with Gasteiger partial charge in [-0.2, -0.15) is 0 Å². The molecule has 1 aliphatic heterocycles. The van der Waals surface area contributed by atoms with Crippen molar-refractivity contribution in [2.24, 2.45) is 0 Å². The van der Waals surface area contributed by atoms with Crippen molar-refractivity contribution in [1.29, 1.82) is 0 Å². The smallest absolute Gasteiger partial charge is 0.119 e. The Hall–Kier alpha value is -1.48. The van der Waals surface area contributed by atoms with E-state index in [2.05, 4.69) is 5.32 Å². The molecule has 17 heavy (non-hydrogen) atoms. The van der Waals surface area contributed by atoms with E-state index in [1.807, 2.05) is 43.6 Å². The van der Waals surface area contributed by atoms with Crippen molar-refractivity contribution in [2.75, 3.05) is 20.3 Å². The van der Waals surface area contributed by atoms with Gasteiger partial charge in [-0.3, -0.25) is 0 Å². The maximum atomic E-state index is 5.75. The van der Waals surface area contributed by atoms with Crippen LogP contribution in [-0.4, -0.2) is 26.3 Å². The maximum absolute atomic E-state index is 5.75. The Morgan fingerprint density at radius 2 is 2.18 bits per heavy atom. The third-order valence-corrected chi connectivity index (χ3v) is 2.92. The SMILES string of the molecule is CNC(COc1ccccc1)C1=COCCC1. The second kappa shape index (κ2) is 6.30. The number of likely N-dealkylation sites (N-methyl/N-ethyl adjacent to an activating group) is 1. The normalized spacial score (nSPS) is 16.9. The Labute approximate surface area is 102 Å². The van der Waals surface area contributed by atoms with Crippen LogP contribution < -0.4 is 10.1 Å². The molecule has 1 aromatic rings. The minimum atomic E-state index is 0.232. The predicted molar refractivity (Wildman–Crippen MR) is 68.1 cm³/mol. The summed E-state index contributed by atoms with van der Waals surface area (Å²) in [6.07, 6.45) is 4.05. The average Bonchev–Trinajstić information content (AvgIpc) is 2.42. The molecule has 0 spiro atoms. The van der Waals surface area contributed by atoms with Crippen molar-refractivity contribution in [3.8, 4) is 5.75 Å². The lowest BCUT2D eigenvalue weighted by Gasteiger charge is -2.23. The van der Waals surface area contributed by atoms with E-state index in [9.17, 15) is 0 Å². The fraction of sp³-hybridized carbons (Fsp3) is 0.429. The first-order chi connectivity index (χ1) is 8.40. The molecule has 0 amide bonds. The standard InChI is InChI=1S/C14H19NO2/c1-15-14(12-6-5-9-16-10-12)11-17-13-7-3-2-4-8-13/h2-4,7-8,10,14-15H,5-6,9,11H2,1H3. The summed E-state index contributed by atoms with van der Waals surface area (Å²) in [6, 6.07) is 10.1. The molecule has 0 radical (unpaired) electrons. The zero-order valence-corrected chi connectivity index (χ0v) is 10.2. The molecular weight excluding hydrogens is 214 g/mol. The third kappa shape index (κ3) is 3.49. The first-order valence-corrected chi connectivity index (χ1v) is 6.06. The zero-order chi connectivity index (χ0) is 11.9. The van der Waals surface area contributed by atoms with Crippen LogP contribution in [0.4, 0.5) is 0 Å². The molecule has 1 atom stereocenters. The van der Waals surface area contributed by atoms with Crippen molar-refractivity contribution < 1.29 is 9.47 Å². The minimum Gasteiger partial charge on any atom is -0.501 e. The van der Waals surface area contributed by atoms with Gasteiger partial charge in [0.1, 0.15) is 12.4 Å². The lowest BCUT2D eigenvalue weighted by Crippen LogP contribution is -2.34. The average molecular weight is 233 g/mol. The molecule has 0 aliphatic carbocycles. The summed E-state index contributed by atoms with van der Waals surface area (Å²) in [5.41, 5.74) is 1.29. The van der Waals surface area contributed by atoms with Crippen LogP contribution in [0.5, 0.6) is 5.75 Å². The van der Waals surface area contributed by atoms with Crippen LogP contribution in [0.25, 0.3) is 0 Å². The monoisotopic (exact) mass is 233 g/mol. The molecule has 0 bridgehead atoms. The summed E-state index contributed by atoms with van der Waals surface area (Å²) >= 11 is 0. The largest absolute Gasteiger partial charge is 0.501 e. The number of hydrogen-bond donors (Lipinski definition) is 1. The molecular formula is C14H19NO2. The Morgan fingerprint density at radius 3 is 2.82 bits per heavy atom. The molecule has 0 fully saturated rings. The molecule has 3 nitrogen and oxygen atoms in total. The topological polar surface area (TPSA) is 30.5 Å². The summed E-state index contributed by atoms with van der Waals surface area (Å²) in [7, 11) is 1.95. The number of para-hydroxylation sites is 1. The molecule has 1 N–H and O–H groups in total. The molecule has 2 rings (SSSR count). The van der Waals surface area contributed by atoms with E-state index in [1.165, 1.54) is 5.57 Å². The summed E-state index contributed by atoms with van der Waals surface area (Å²) < 4.78 is 11.1. The van der Waals surface area contributed by atoms with Gasteiger partial charge < -0.3 is 14.8 Å². The summed E-state index contributed by atoms with van der Waals surface area (Å²) in [4.78, 5) is 0. The highest BCUT2D eigenvalue weighted by Crippen LogP contribution is 2.17. The fourth-order valence-electron chi connectivity index (χ4n) is 1.91. The van der Waals surface area contributed by atoms with Crippen molar-refractivity contribution in [3.05, 3.63) is 42.2 Å². The van der Waals surface area contributed by atoms with Gasteiger partial charge in [-0.05, 0) is 37.6 Å². The number of rotatable bonds is 5. The number of hydrogen-bond acceptors (Lipinski definition) is 3. The van der Waals surface area contributed by atoms with Crippen LogP contribution in [0, 0.1) is 0 Å². The zero-order valence-electron chi connectivity index (χ0n) is 10.2. The van der Waals surface area contributed by atoms with E-state index in [-0.39, 0.29) is 6.04 Å². The van der Waals surface area contributed by atoms with E-state index in [4.69, 9.17) is 9.47 Å². The van der Waals surface area contributed by atoms with Crippen molar-refractivity contribution in [2.45, 2.75) is 18.9 Å². The number of benzene rings is 1. The number of ether oxygens (including phenoxy) is 2. The van der Waals surface area contributed by atoms with Crippen LogP contribution in [0.2, 0.25) is 0 Å². The highest BCUT2D eigenvalue weighted by atomic mass is 16.5. The van der Waals surface area contributed by atoms with Gasteiger partial charge in [0.15, 0.2) is 0 Å². The summed E-state index contributed by atoms with van der Waals surface area (Å²) in [5.74, 6) is 0.907. The van der Waals surface area contributed by atoms with Crippen LogP contribution in [-0.2, 0) is 4.74 Å². The lowest BCUT2D eigenvalue weighted by molar-refractivity contribution is 0.210. The summed E-state index contributed by atoms with van der Waals surface area (Å²) in [6.45, 7) is 1.47. The third-order valence-electron chi connectivity index (χ3n) is 2.92. The van der Waals surface area contributed by atoms with Crippen LogP contribution in [0.3, 0.4) is 0 Å². The van der Waals surface area contributed by atoms with Gasteiger partial charge in [0.2, 0.25) is 0 Å². The second-order valence-electron chi connectivity index (χ2n) is 4.13. The molecule has 1 aromatic carbocycles. The van der Waals surface area contributed by atoms with Gasteiger partial charge in [-0.25, -0.2) is 0 Å². The second-order valence-corrected chi connectivity index (χ2v) is 4.13. The molecule has 0 saturated carbocycles. The summed E-state index contributed by atoms with van der Waals surface area (Å²) in [5, 5.41) is 3.27. The highest BCUT2D eigenvalue weighted by molar-refractivity contribution is 5.21. The van der Waals surface area contributed by atoms with Gasteiger partial charge >= 0.3 is 0 Å². The molecule has 0 aromatic heterocycles. The van der Waals surface area contributed by atoms with E-state index < -0.39 is 0 Å². The van der Waals surface area contributed by atoms with E-state index in [0.717, 1.165) is 25.2 Å². The number of nitrogens with one attached hydrogen (secondary N) is 1. The quantitative estimate of drug-likeness (QED) is 0.846. The van der Waals surface area contributed by atoms with E-state index in [1.54, 1.807) is 0 Å². The van der Waals surface area contributed by atoms with Gasteiger partial charge in [-0.1, -0.05) is 18.2 Å². The molecule has 0 saturated heterocycles. The molecule has 1 unspecified atom stereocenters. The van der Waals surface area contributed by atoms with Gasteiger partial charge in [0, 0.05) is 0 Å². The molecule has 3 heteroatoms. The first kappa shape index (κ1) is 12.0. The van der Waals surface area contributed by atoms with Crippen LogP contribution in [0.1, 0.15) is 12.8 Å². The predicted octanol–water partition coefficient (Wildman–Crippen LogP) is 2.35. The van der Waals surface area contributed by atoms with E-state index in [0.29, 0.717) is 6.61 Å². The molecule has 1 heterocycles. The Kier molecular flexibility index (Phi) is 4.45. The van der Waals surface area contributed by atoms with Crippen molar-refractivity contribution in [3.63, 3.8) is 0 Å². The van der Waals surface area contributed by atoms with Crippen LogP contribution in [0.15, 0.2) is 42.2 Å². The maximum Gasteiger partial charge on any atom is 0.119 e. The van der Waals surface area contributed by atoms with Gasteiger partial charge in [0.25, 0.3) is 0 Å². The van der Waals surface area contributed by atoms with Crippen molar-refractivity contribution >= 4 is 0 Å². The lowest BCUT2D eigenvalue weighted by atomic mass is 10.0. The highest BCUT2D eigenvalue weighted by Gasteiger charge is 2.15. The van der Waals surface area contributed by atoms with E-state index >= 15 is 0 Å². The van der Waals surface area contributed by atoms with Gasteiger partial charge in [0.05, 0.1) is 18.9 Å². The molecule has 92 valence electrons. The van der Waals surface area contributed by atoms with Crippen molar-refractivity contribution in [1.82, 2.24) is 5.32 Å². The fourth-order valence-corrected chi connectivity index (χ4v) is 1.91.